The van der Waals surface area contributed by atoms with E-state index in [1.54, 1.807) is 0 Å². The highest BCUT2D eigenvalue weighted by Gasteiger charge is 2.13. The maximum Gasteiger partial charge on any atom is 0.341 e. The second-order valence-corrected chi connectivity index (χ2v) is 3.59. The highest BCUT2D eigenvalue weighted by molar-refractivity contribution is 5.68. The molecule has 2 rings (SSSR count). The molecule has 0 spiro atoms. The number of hydrogen-bond donors (Lipinski definition) is 1. The molecule has 0 bridgehead atoms. The minimum atomic E-state index is -1.11. The van der Waals surface area contributed by atoms with Crippen LogP contribution >= 0.6 is 0 Å². The molecule has 1 N–H and O–H groups in total. The van der Waals surface area contributed by atoms with Gasteiger partial charge in [0.15, 0.2) is 12.4 Å². The van der Waals surface area contributed by atoms with E-state index in [4.69, 9.17) is 9.84 Å². The largest absolute Gasteiger partial charge is 0.479 e. The van der Waals surface area contributed by atoms with E-state index in [2.05, 4.69) is 15.1 Å². The maximum atomic E-state index is 12.8. The number of aromatic nitrogens is 4. The molecule has 0 saturated heterocycles. The number of nitrogens with zero attached hydrogens (tertiary/aromatic N) is 4. The van der Waals surface area contributed by atoms with E-state index in [-0.39, 0.29) is 6.01 Å². The lowest BCUT2D eigenvalue weighted by Crippen LogP contribution is -2.10. The molecule has 0 saturated carbocycles. The SMILES string of the molecule is CCn1nc(OCC(=O)O)nc1-c1ccc(F)nc1. The molecule has 0 atom stereocenters. The molecular formula is C11H11FN4O3. The highest BCUT2D eigenvalue weighted by Crippen LogP contribution is 2.19. The molecule has 100 valence electrons. The van der Waals surface area contributed by atoms with Gasteiger partial charge in [0.1, 0.15) is 0 Å². The molecule has 0 aliphatic rings. The second kappa shape index (κ2) is 5.42. The molecular weight excluding hydrogens is 255 g/mol. The first-order chi connectivity index (χ1) is 9.10. The lowest BCUT2D eigenvalue weighted by molar-refractivity contribution is -0.139. The fraction of sp³-hybridized carbons (Fsp3) is 0.273. The zero-order valence-corrected chi connectivity index (χ0v) is 10.1. The van der Waals surface area contributed by atoms with Gasteiger partial charge in [0, 0.05) is 18.3 Å². The fourth-order valence-corrected chi connectivity index (χ4v) is 1.45. The van der Waals surface area contributed by atoms with Crippen molar-refractivity contribution in [2.75, 3.05) is 6.61 Å². The van der Waals surface area contributed by atoms with Crippen molar-refractivity contribution in [1.29, 1.82) is 0 Å². The van der Waals surface area contributed by atoms with Crippen LogP contribution in [0.4, 0.5) is 4.39 Å². The molecule has 8 heteroatoms. The van der Waals surface area contributed by atoms with Crippen LogP contribution in [0.25, 0.3) is 11.4 Å². The number of carboxylic acid groups (broad SMARTS) is 1. The van der Waals surface area contributed by atoms with Crippen molar-refractivity contribution in [3.63, 3.8) is 0 Å². The summed E-state index contributed by atoms with van der Waals surface area (Å²) in [6, 6.07) is 2.69. The molecule has 0 aliphatic carbocycles. The Morgan fingerprint density at radius 2 is 2.32 bits per heavy atom. The number of aliphatic carboxylic acids is 1. The van der Waals surface area contributed by atoms with Crippen molar-refractivity contribution in [3.8, 4) is 17.4 Å². The van der Waals surface area contributed by atoms with Gasteiger partial charge in [-0.1, -0.05) is 0 Å². The topological polar surface area (TPSA) is 90.1 Å². The van der Waals surface area contributed by atoms with E-state index in [9.17, 15) is 9.18 Å². The maximum absolute atomic E-state index is 12.8. The van der Waals surface area contributed by atoms with E-state index in [0.717, 1.165) is 0 Å². The second-order valence-electron chi connectivity index (χ2n) is 3.59. The van der Waals surface area contributed by atoms with Gasteiger partial charge in [0.25, 0.3) is 0 Å². The molecule has 0 radical (unpaired) electrons. The summed E-state index contributed by atoms with van der Waals surface area (Å²) in [6.07, 6.45) is 1.33. The normalized spacial score (nSPS) is 10.4. The van der Waals surface area contributed by atoms with Crippen LogP contribution in [0.15, 0.2) is 18.3 Å². The molecule has 0 fully saturated rings. The lowest BCUT2D eigenvalue weighted by atomic mass is 10.3. The zero-order chi connectivity index (χ0) is 13.8. The Hall–Kier alpha value is -2.51. The number of aryl methyl sites for hydroxylation is 1. The molecule has 0 aromatic carbocycles. The molecule has 2 aromatic rings. The van der Waals surface area contributed by atoms with Crippen molar-refractivity contribution < 1.29 is 19.0 Å². The molecule has 0 unspecified atom stereocenters. The number of pyridine rings is 1. The van der Waals surface area contributed by atoms with Gasteiger partial charge in [0.2, 0.25) is 5.95 Å². The third-order valence-electron chi connectivity index (χ3n) is 2.26. The van der Waals surface area contributed by atoms with E-state index in [1.807, 2.05) is 6.92 Å². The first-order valence-electron chi connectivity index (χ1n) is 5.51. The lowest BCUT2D eigenvalue weighted by Gasteiger charge is -2.00. The van der Waals surface area contributed by atoms with Crippen LogP contribution in [0.5, 0.6) is 6.01 Å². The summed E-state index contributed by atoms with van der Waals surface area (Å²) < 4.78 is 19.2. The van der Waals surface area contributed by atoms with Crippen LogP contribution in [0.3, 0.4) is 0 Å². The summed E-state index contributed by atoms with van der Waals surface area (Å²) in [5.41, 5.74) is 0.570. The van der Waals surface area contributed by atoms with Gasteiger partial charge < -0.3 is 9.84 Å². The van der Waals surface area contributed by atoms with Crippen LogP contribution in [0.1, 0.15) is 6.92 Å². The molecule has 2 heterocycles. The first-order valence-corrected chi connectivity index (χ1v) is 5.51. The quantitative estimate of drug-likeness (QED) is 0.811. The summed E-state index contributed by atoms with van der Waals surface area (Å²) >= 11 is 0. The number of ether oxygens (including phenoxy) is 1. The number of hydrogen-bond acceptors (Lipinski definition) is 5. The summed E-state index contributed by atoms with van der Waals surface area (Å²) in [5, 5.41) is 12.5. The molecule has 7 nitrogen and oxygen atoms in total. The van der Waals surface area contributed by atoms with E-state index >= 15 is 0 Å². The third kappa shape index (κ3) is 3.03. The number of carboxylic acids is 1. The fourth-order valence-electron chi connectivity index (χ4n) is 1.45. The minimum absolute atomic E-state index is 0.0384. The van der Waals surface area contributed by atoms with Crippen LogP contribution in [0.2, 0.25) is 0 Å². The molecule has 19 heavy (non-hydrogen) atoms. The van der Waals surface area contributed by atoms with Crippen molar-refractivity contribution in [2.45, 2.75) is 13.5 Å². The molecule has 0 amide bonds. The van der Waals surface area contributed by atoms with Crippen molar-refractivity contribution >= 4 is 5.97 Å². The molecule has 2 aromatic heterocycles. The van der Waals surface area contributed by atoms with Crippen LogP contribution in [-0.2, 0) is 11.3 Å². The van der Waals surface area contributed by atoms with Crippen molar-refractivity contribution in [3.05, 3.63) is 24.3 Å². The Bertz CT molecular complexity index is 582. The average molecular weight is 266 g/mol. The predicted molar refractivity (Wildman–Crippen MR) is 62.0 cm³/mol. The smallest absolute Gasteiger partial charge is 0.341 e. The van der Waals surface area contributed by atoms with Crippen LogP contribution in [0, 0.1) is 5.95 Å². The standard InChI is InChI=1S/C11H11FN4O3/c1-2-16-10(7-3-4-8(12)13-5-7)14-11(15-16)19-6-9(17)18/h3-5H,2,6H2,1H3,(H,17,18). The van der Waals surface area contributed by atoms with Gasteiger partial charge >= 0.3 is 12.0 Å². The monoisotopic (exact) mass is 266 g/mol. The highest BCUT2D eigenvalue weighted by atomic mass is 19.1. The van der Waals surface area contributed by atoms with E-state index in [0.29, 0.717) is 17.9 Å². The van der Waals surface area contributed by atoms with Gasteiger partial charge in [0.05, 0.1) is 0 Å². The van der Waals surface area contributed by atoms with Gasteiger partial charge in [-0.15, -0.1) is 5.10 Å². The van der Waals surface area contributed by atoms with Crippen molar-refractivity contribution in [2.24, 2.45) is 0 Å². The third-order valence-corrected chi connectivity index (χ3v) is 2.26. The summed E-state index contributed by atoms with van der Waals surface area (Å²) in [6.45, 7) is 1.83. The van der Waals surface area contributed by atoms with Gasteiger partial charge in [-0.05, 0) is 19.1 Å². The van der Waals surface area contributed by atoms with Gasteiger partial charge in [-0.2, -0.15) is 9.37 Å². The Morgan fingerprint density at radius 3 is 2.89 bits per heavy atom. The van der Waals surface area contributed by atoms with E-state index in [1.165, 1.54) is 23.0 Å². The van der Waals surface area contributed by atoms with Crippen LogP contribution < -0.4 is 4.74 Å². The van der Waals surface area contributed by atoms with Gasteiger partial charge in [-0.3, -0.25) is 0 Å². The Balaban J connectivity index is 2.28. The van der Waals surface area contributed by atoms with Gasteiger partial charge in [-0.25, -0.2) is 14.5 Å². The summed E-state index contributed by atoms with van der Waals surface area (Å²) in [7, 11) is 0. The Kier molecular flexibility index (Phi) is 3.69. The number of rotatable bonds is 5. The minimum Gasteiger partial charge on any atom is -0.479 e. The van der Waals surface area contributed by atoms with E-state index < -0.39 is 18.5 Å². The van der Waals surface area contributed by atoms with Crippen molar-refractivity contribution in [1.82, 2.24) is 19.7 Å². The Labute approximate surface area is 107 Å². The zero-order valence-electron chi connectivity index (χ0n) is 10.1. The summed E-state index contributed by atoms with van der Waals surface area (Å²) in [5.74, 6) is -1.26. The molecule has 0 aliphatic heterocycles. The first kappa shape index (κ1) is 12.9. The Morgan fingerprint density at radius 1 is 1.53 bits per heavy atom. The number of carbonyl (C=O) groups is 1. The number of halogens is 1. The predicted octanol–water partition coefficient (Wildman–Crippen LogP) is 0.963. The summed E-state index contributed by atoms with van der Waals surface area (Å²) in [4.78, 5) is 18.0. The van der Waals surface area contributed by atoms with Crippen LogP contribution in [-0.4, -0.2) is 37.4 Å². The average Bonchev–Trinajstić information content (AvgIpc) is 2.80.